The average Bonchev–Trinajstić information content (AvgIpc) is 3.31. The lowest BCUT2D eigenvalue weighted by Crippen LogP contribution is -2.30. The van der Waals surface area contributed by atoms with Crippen molar-refractivity contribution in [1.82, 2.24) is 5.32 Å². The summed E-state index contributed by atoms with van der Waals surface area (Å²) >= 11 is 0. The van der Waals surface area contributed by atoms with Gasteiger partial charge in [-0.25, -0.2) is 0 Å². The highest BCUT2D eigenvalue weighted by atomic mass is 16.3. The van der Waals surface area contributed by atoms with Gasteiger partial charge in [-0.1, -0.05) is 56.5 Å². The Morgan fingerprint density at radius 3 is 2.35 bits per heavy atom. The van der Waals surface area contributed by atoms with Gasteiger partial charge in [-0.05, 0) is 54.8 Å². The minimum Gasteiger partial charge on any atom is -0.465 e. The van der Waals surface area contributed by atoms with Crippen LogP contribution in [-0.2, 0) is 11.2 Å². The van der Waals surface area contributed by atoms with E-state index in [4.69, 9.17) is 4.42 Å². The lowest BCUT2D eigenvalue weighted by molar-refractivity contribution is -0.113. The number of carbonyl (C=O) groups excluding carboxylic acids is 2. The Morgan fingerprint density at radius 2 is 1.68 bits per heavy atom. The fraction of sp³-hybridized carbons (Fsp3) is 0.231. The minimum atomic E-state index is -0.420. The van der Waals surface area contributed by atoms with Crippen molar-refractivity contribution >= 4 is 23.6 Å². The molecule has 160 valence electrons. The second-order valence-electron chi connectivity index (χ2n) is 7.36. The van der Waals surface area contributed by atoms with E-state index in [1.807, 2.05) is 30.3 Å². The zero-order chi connectivity index (χ0) is 21.9. The Morgan fingerprint density at radius 1 is 0.903 bits per heavy atom. The molecule has 31 heavy (non-hydrogen) atoms. The van der Waals surface area contributed by atoms with Crippen molar-refractivity contribution in [2.45, 2.75) is 39.0 Å². The second kappa shape index (κ2) is 11.6. The maximum absolute atomic E-state index is 12.9. The van der Waals surface area contributed by atoms with E-state index < -0.39 is 5.91 Å². The Bertz CT molecular complexity index is 991. The van der Waals surface area contributed by atoms with Gasteiger partial charge < -0.3 is 15.1 Å². The Kier molecular flexibility index (Phi) is 8.23. The summed E-state index contributed by atoms with van der Waals surface area (Å²) in [6, 6.07) is 20.0. The van der Waals surface area contributed by atoms with E-state index in [0.717, 1.165) is 6.42 Å². The summed E-state index contributed by atoms with van der Waals surface area (Å²) in [5.74, 6) is -0.312. The second-order valence-corrected chi connectivity index (χ2v) is 7.36. The summed E-state index contributed by atoms with van der Waals surface area (Å²) in [5.41, 5.74) is 2.49. The molecule has 0 saturated carbocycles. The third kappa shape index (κ3) is 7.00. The van der Waals surface area contributed by atoms with Gasteiger partial charge in [0.2, 0.25) is 0 Å². The number of aryl methyl sites for hydroxylation is 1. The van der Waals surface area contributed by atoms with Gasteiger partial charge in [0.1, 0.15) is 11.5 Å². The smallest absolute Gasteiger partial charge is 0.272 e. The first-order valence-electron chi connectivity index (χ1n) is 10.7. The SMILES string of the molecule is CCCCCCc1ccc(NC(=O)C(=Cc2ccco2)NC(=O)c2ccccc2)cc1. The predicted molar refractivity (Wildman–Crippen MR) is 124 cm³/mol. The monoisotopic (exact) mass is 416 g/mol. The van der Waals surface area contributed by atoms with Gasteiger partial charge in [0.25, 0.3) is 11.8 Å². The lowest BCUT2D eigenvalue weighted by Gasteiger charge is -2.11. The van der Waals surface area contributed by atoms with Gasteiger partial charge in [0.15, 0.2) is 0 Å². The van der Waals surface area contributed by atoms with Crippen molar-refractivity contribution in [2.75, 3.05) is 5.32 Å². The first-order chi connectivity index (χ1) is 15.2. The van der Waals surface area contributed by atoms with E-state index in [1.54, 1.807) is 36.4 Å². The molecule has 0 radical (unpaired) electrons. The van der Waals surface area contributed by atoms with Crippen LogP contribution in [0.1, 0.15) is 54.3 Å². The van der Waals surface area contributed by atoms with Gasteiger partial charge in [-0.15, -0.1) is 0 Å². The van der Waals surface area contributed by atoms with Gasteiger partial charge in [0, 0.05) is 17.3 Å². The summed E-state index contributed by atoms with van der Waals surface area (Å²) in [6.07, 6.45) is 8.94. The first-order valence-corrected chi connectivity index (χ1v) is 10.7. The molecule has 2 amide bonds. The third-order valence-electron chi connectivity index (χ3n) is 4.89. The molecule has 0 saturated heterocycles. The predicted octanol–water partition coefficient (Wildman–Crippen LogP) is 5.81. The molecule has 2 N–H and O–H groups in total. The molecule has 1 aromatic heterocycles. The van der Waals surface area contributed by atoms with E-state index in [0.29, 0.717) is 17.0 Å². The van der Waals surface area contributed by atoms with Crippen molar-refractivity contribution in [2.24, 2.45) is 0 Å². The van der Waals surface area contributed by atoms with Gasteiger partial charge in [0.05, 0.1) is 6.26 Å². The number of hydrogen-bond acceptors (Lipinski definition) is 3. The molecule has 1 heterocycles. The van der Waals surface area contributed by atoms with E-state index >= 15 is 0 Å². The zero-order valence-corrected chi connectivity index (χ0v) is 17.8. The van der Waals surface area contributed by atoms with Crippen molar-refractivity contribution in [3.05, 3.63) is 95.6 Å². The number of anilines is 1. The van der Waals surface area contributed by atoms with Crippen molar-refractivity contribution < 1.29 is 14.0 Å². The number of hydrogen-bond donors (Lipinski definition) is 2. The fourth-order valence-corrected chi connectivity index (χ4v) is 3.17. The normalized spacial score (nSPS) is 11.2. The van der Waals surface area contributed by atoms with E-state index in [9.17, 15) is 9.59 Å². The largest absolute Gasteiger partial charge is 0.465 e. The molecule has 0 atom stereocenters. The van der Waals surface area contributed by atoms with Gasteiger partial charge in [-0.2, -0.15) is 0 Å². The maximum atomic E-state index is 12.9. The number of amides is 2. The van der Waals surface area contributed by atoms with Gasteiger partial charge >= 0.3 is 0 Å². The molecule has 0 aliphatic heterocycles. The van der Waals surface area contributed by atoms with Crippen LogP contribution >= 0.6 is 0 Å². The van der Waals surface area contributed by atoms with Crippen LogP contribution in [0.3, 0.4) is 0 Å². The van der Waals surface area contributed by atoms with Crippen LogP contribution in [0.5, 0.6) is 0 Å². The summed E-state index contributed by atoms with van der Waals surface area (Å²) in [5, 5.41) is 5.54. The molecule has 0 spiro atoms. The molecular formula is C26H28N2O3. The molecule has 2 aromatic carbocycles. The van der Waals surface area contributed by atoms with E-state index in [2.05, 4.69) is 17.6 Å². The van der Waals surface area contributed by atoms with Crippen LogP contribution in [0.4, 0.5) is 5.69 Å². The number of unbranched alkanes of at least 4 members (excludes halogenated alkanes) is 3. The highest BCUT2D eigenvalue weighted by Crippen LogP contribution is 2.15. The number of benzene rings is 2. The van der Waals surface area contributed by atoms with Gasteiger partial charge in [-0.3, -0.25) is 9.59 Å². The van der Waals surface area contributed by atoms with Crippen LogP contribution in [0.25, 0.3) is 6.08 Å². The molecule has 5 heteroatoms. The van der Waals surface area contributed by atoms with Crippen molar-refractivity contribution in [1.29, 1.82) is 0 Å². The molecule has 5 nitrogen and oxygen atoms in total. The Hall–Kier alpha value is -3.60. The Balaban J connectivity index is 1.68. The number of rotatable bonds is 10. The lowest BCUT2D eigenvalue weighted by atomic mass is 10.1. The topological polar surface area (TPSA) is 71.3 Å². The summed E-state index contributed by atoms with van der Waals surface area (Å²) in [7, 11) is 0. The van der Waals surface area contributed by atoms with Crippen molar-refractivity contribution in [3.8, 4) is 0 Å². The van der Waals surface area contributed by atoms with Crippen molar-refractivity contribution in [3.63, 3.8) is 0 Å². The zero-order valence-electron chi connectivity index (χ0n) is 17.8. The van der Waals surface area contributed by atoms with Crippen LogP contribution in [0.2, 0.25) is 0 Å². The molecule has 3 rings (SSSR count). The average molecular weight is 417 g/mol. The van der Waals surface area contributed by atoms with Crippen LogP contribution < -0.4 is 10.6 Å². The van der Waals surface area contributed by atoms with Crippen LogP contribution in [0, 0.1) is 0 Å². The van der Waals surface area contributed by atoms with E-state index in [1.165, 1.54) is 43.6 Å². The molecule has 0 aliphatic carbocycles. The number of carbonyl (C=O) groups is 2. The maximum Gasteiger partial charge on any atom is 0.272 e. The number of furan rings is 1. The summed E-state index contributed by atoms with van der Waals surface area (Å²) in [4.78, 5) is 25.5. The fourth-order valence-electron chi connectivity index (χ4n) is 3.17. The first kappa shape index (κ1) is 22.1. The number of nitrogens with one attached hydrogen (secondary N) is 2. The minimum absolute atomic E-state index is 0.104. The van der Waals surface area contributed by atoms with E-state index in [-0.39, 0.29) is 11.6 Å². The molecule has 0 bridgehead atoms. The molecule has 0 fully saturated rings. The summed E-state index contributed by atoms with van der Waals surface area (Å²) < 4.78 is 5.31. The molecule has 0 unspecified atom stereocenters. The molecule has 0 aliphatic rings. The third-order valence-corrected chi connectivity index (χ3v) is 4.89. The quantitative estimate of drug-likeness (QED) is 0.323. The highest BCUT2D eigenvalue weighted by molar-refractivity contribution is 6.10. The Labute approximate surface area is 183 Å². The van der Waals surface area contributed by atoms with Crippen LogP contribution in [0.15, 0.2) is 83.1 Å². The molecular weight excluding hydrogens is 388 g/mol. The standard InChI is InChI=1S/C26H28N2O3/c1-2-3-4-6-10-20-14-16-22(17-15-20)27-26(30)24(19-23-13-9-18-31-23)28-25(29)21-11-7-5-8-12-21/h5,7-9,11-19H,2-4,6,10H2,1H3,(H,27,30)(H,28,29). The highest BCUT2D eigenvalue weighted by Gasteiger charge is 2.15. The summed E-state index contributed by atoms with van der Waals surface area (Å²) in [6.45, 7) is 2.20. The molecule has 3 aromatic rings. The van der Waals surface area contributed by atoms with Crippen LogP contribution in [-0.4, -0.2) is 11.8 Å².